The number of aliphatic hydroxyl groups excluding tert-OH is 1. The fourth-order valence-corrected chi connectivity index (χ4v) is 3.41. The number of anilines is 1. The van der Waals surface area contributed by atoms with Gasteiger partial charge in [0.05, 0.1) is 32.6 Å². The molecule has 2 unspecified atom stereocenters. The monoisotopic (exact) mass is 336 g/mol. The van der Waals surface area contributed by atoms with Crippen LogP contribution in [-0.2, 0) is 11.3 Å². The number of nitrogen functional groups attached to an aromatic ring is 1. The number of rotatable bonds is 6. The van der Waals surface area contributed by atoms with Crippen LogP contribution < -0.4 is 5.73 Å². The highest BCUT2D eigenvalue weighted by Gasteiger charge is 2.28. The summed E-state index contributed by atoms with van der Waals surface area (Å²) in [4.78, 5) is 12.5. The summed E-state index contributed by atoms with van der Waals surface area (Å²) in [6.07, 6.45) is 3.62. The van der Waals surface area contributed by atoms with Crippen molar-refractivity contribution in [1.82, 2.24) is 19.5 Å². The molecule has 0 aliphatic rings. The van der Waals surface area contributed by atoms with Crippen LogP contribution in [0, 0.1) is 0 Å². The number of imidazole rings is 1. The molecule has 7 nitrogen and oxygen atoms in total. The average molecular weight is 336 g/mol. The number of aromatic nitrogens is 4. The molecule has 2 rings (SSSR count). The second-order valence-electron chi connectivity index (χ2n) is 6.95. The van der Waals surface area contributed by atoms with Gasteiger partial charge in [-0.1, -0.05) is 13.1 Å². The van der Waals surface area contributed by atoms with Crippen LogP contribution in [0.5, 0.6) is 0 Å². The summed E-state index contributed by atoms with van der Waals surface area (Å²) in [5.74, 6) is 0.379. The molecule has 23 heavy (non-hydrogen) atoms. The molecule has 2 aromatic rings. The third kappa shape index (κ3) is 4.49. The summed E-state index contributed by atoms with van der Waals surface area (Å²) in [5.41, 5.74) is 6.40. The topological polar surface area (TPSA) is 99.1 Å². The van der Waals surface area contributed by atoms with Crippen molar-refractivity contribution in [3.8, 4) is 0 Å². The minimum atomic E-state index is -0.861. The Morgan fingerprint density at radius 1 is 1.30 bits per heavy atom. The Morgan fingerprint density at radius 2 is 2.00 bits per heavy atom. The Bertz CT molecular complexity index is 653. The summed E-state index contributed by atoms with van der Waals surface area (Å²) in [6.45, 7) is 10.9. The van der Waals surface area contributed by atoms with Crippen molar-refractivity contribution in [3.63, 3.8) is 0 Å². The molecule has 0 aliphatic heterocycles. The molecule has 2 heterocycles. The number of hydrogen-bond donors (Lipinski definition) is 2. The fraction of sp³-hybridized carbons (Fsp3) is 0.667. The van der Waals surface area contributed by atoms with Gasteiger partial charge in [-0.25, -0.2) is 15.0 Å². The van der Waals surface area contributed by atoms with Crippen LogP contribution in [0.3, 0.4) is 0 Å². The maximum absolute atomic E-state index is 10.5. The summed E-state index contributed by atoms with van der Waals surface area (Å²) in [5, 5.41) is 10.5. The van der Waals surface area contributed by atoms with E-state index in [-0.39, 0.29) is 11.7 Å². The molecule has 0 aliphatic carbocycles. The van der Waals surface area contributed by atoms with E-state index in [1.807, 2.05) is 25.3 Å². The number of nitrogens with two attached hydrogens (primary N) is 1. The largest absolute Gasteiger partial charge is 0.394 e. The molecular formula is C15H26N5O2Si. The van der Waals surface area contributed by atoms with Crippen molar-refractivity contribution in [2.24, 2.45) is 0 Å². The second-order valence-corrected chi connectivity index (χ2v) is 9.69. The molecule has 0 bridgehead atoms. The van der Waals surface area contributed by atoms with Gasteiger partial charge in [0.2, 0.25) is 0 Å². The number of ether oxygens (including phenoxy) is 1. The Balaban J connectivity index is 2.15. The van der Waals surface area contributed by atoms with E-state index in [9.17, 15) is 5.11 Å². The van der Waals surface area contributed by atoms with Crippen molar-refractivity contribution >= 4 is 25.8 Å². The number of fused-ring (bicyclic) bond motifs is 1. The van der Waals surface area contributed by atoms with Crippen molar-refractivity contribution in [1.29, 1.82) is 0 Å². The number of aryl methyl sites for hydroxylation is 1. The zero-order valence-electron chi connectivity index (χ0n) is 14.4. The maximum atomic E-state index is 10.5. The molecule has 0 saturated carbocycles. The molecule has 0 fully saturated rings. The maximum Gasteiger partial charge on any atom is 0.165 e. The normalized spacial score (nSPS) is 15.3. The first kappa shape index (κ1) is 17.8. The average Bonchev–Trinajstić information content (AvgIpc) is 2.86. The quantitative estimate of drug-likeness (QED) is 0.778. The van der Waals surface area contributed by atoms with Crippen LogP contribution in [-0.4, -0.2) is 50.9 Å². The number of hydrogen-bond acceptors (Lipinski definition) is 6. The van der Waals surface area contributed by atoms with E-state index >= 15 is 0 Å². The molecule has 2 atom stereocenters. The van der Waals surface area contributed by atoms with E-state index in [0.717, 1.165) is 0 Å². The number of nitrogens with zero attached hydrogens (tertiary/aromatic N) is 4. The molecule has 3 N–H and O–H groups in total. The van der Waals surface area contributed by atoms with Crippen LogP contribution in [0.4, 0.5) is 5.82 Å². The van der Waals surface area contributed by atoms with Gasteiger partial charge in [0.15, 0.2) is 11.5 Å². The molecule has 0 aromatic carbocycles. The summed E-state index contributed by atoms with van der Waals surface area (Å²) >= 11 is 0. The van der Waals surface area contributed by atoms with Gasteiger partial charge in [-0.2, -0.15) is 0 Å². The van der Waals surface area contributed by atoms with Crippen molar-refractivity contribution in [2.75, 3.05) is 5.73 Å². The van der Waals surface area contributed by atoms with Crippen molar-refractivity contribution in [3.05, 3.63) is 12.7 Å². The highest BCUT2D eigenvalue weighted by molar-refractivity contribution is 6.57. The second kappa shape index (κ2) is 6.94. The van der Waals surface area contributed by atoms with Crippen LogP contribution in [0.2, 0.25) is 13.1 Å². The Hall–Kier alpha value is -1.51. The fourth-order valence-electron chi connectivity index (χ4n) is 2.44. The lowest BCUT2D eigenvalue weighted by Gasteiger charge is -2.32. The Kier molecular flexibility index (Phi) is 5.38. The van der Waals surface area contributed by atoms with Crippen LogP contribution in [0.1, 0.15) is 27.2 Å². The molecule has 0 spiro atoms. The molecular weight excluding hydrogens is 310 g/mol. The molecule has 0 amide bonds. The highest BCUT2D eigenvalue weighted by atomic mass is 28.3. The van der Waals surface area contributed by atoms with Gasteiger partial charge in [0.25, 0.3) is 0 Å². The van der Waals surface area contributed by atoms with Crippen LogP contribution >= 0.6 is 0 Å². The Labute approximate surface area is 138 Å². The van der Waals surface area contributed by atoms with Gasteiger partial charge < -0.3 is 20.1 Å². The third-order valence-electron chi connectivity index (χ3n) is 3.53. The van der Waals surface area contributed by atoms with Gasteiger partial charge in [-0.15, -0.1) is 0 Å². The first-order chi connectivity index (χ1) is 10.7. The van der Waals surface area contributed by atoms with E-state index in [0.29, 0.717) is 29.9 Å². The molecule has 8 heteroatoms. The third-order valence-corrected chi connectivity index (χ3v) is 5.09. The van der Waals surface area contributed by atoms with Crippen LogP contribution in [0.25, 0.3) is 11.2 Å². The van der Waals surface area contributed by atoms with Crippen molar-refractivity contribution < 1.29 is 9.84 Å². The lowest BCUT2D eigenvalue weighted by Crippen LogP contribution is -2.43. The Morgan fingerprint density at radius 3 is 2.61 bits per heavy atom. The number of aliphatic hydroxyl groups is 1. The van der Waals surface area contributed by atoms with Crippen LogP contribution in [0.15, 0.2) is 12.7 Å². The summed E-state index contributed by atoms with van der Waals surface area (Å²) in [7, 11) is -0.861. The van der Waals surface area contributed by atoms with Gasteiger partial charge in [0.1, 0.15) is 11.8 Å². The lowest BCUT2D eigenvalue weighted by atomic mass is 10.1. The van der Waals surface area contributed by atoms with E-state index in [1.165, 1.54) is 6.33 Å². The zero-order valence-corrected chi connectivity index (χ0v) is 15.4. The van der Waals surface area contributed by atoms with Gasteiger partial charge in [-0.05, 0) is 27.2 Å². The van der Waals surface area contributed by atoms with E-state index in [1.54, 1.807) is 6.33 Å². The molecule has 127 valence electrons. The van der Waals surface area contributed by atoms with E-state index < -0.39 is 14.5 Å². The van der Waals surface area contributed by atoms with Gasteiger partial charge in [-0.3, -0.25) is 0 Å². The molecule has 2 aromatic heterocycles. The predicted molar refractivity (Wildman–Crippen MR) is 92.5 cm³/mol. The standard InChI is InChI=1S/C15H26N5O2Si/c1-15(2,3)22-10(14(21)23(4)5)6-7-20-9-19-11-12(16)17-8-18-13(11)20/h8-10,14,21H,6-7H2,1-5H3,(H2,16,17,18). The smallest absolute Gasteiger partial charge is 0.165 e. The van der Waals surface area contributed by atoms with E-state index in [2.05, 4.69) is 28.0 Å². The van der Waals surface area contributed by atoms with Gasteiger partial charge >= 0.3 is 0 Å². The first-order valence-corrected chi connectivity index (χ1v) is 10.3. The minimum absolute atomic E-state index is 0.212. The molecule has 1 radical (unpaired) electrons. The zero-order chi connectivity index (χ0) is 17.2. The van der Waals surface area contributed by atoms with Gasteiger partial charge in [0, 0.05) is 6.54 Å². The van der Waals surface area contributed by atoms with Crippen molar-refractivity contribution in [2.45, 2.75) is 64.3 Å². The predicted octanol–water partition coefficient (Wildman–Crippen LogP) is 1.64. The van der Waals surface area contributed by atoms with E-state index in [4.69, 9.17) is 10.5 Å². The summed E-state index contributed by atoms with van der Waals surface area (Å²) < 4.78 is 8.01. The SMILES string of the molecule is C[Si](C)C(O)C(CCn1cnc2c(N)ncnc21)OC(C)(C)C. The molecule has 0 saturated heterocycles. The minimum Gasteiger partial charge on any atom is -0.394 e. The highest BCUT2D eigenvalue weighted by Crippen LogP contribution is 2.20. The first-order valence-electron chi connectivity index (χ1n) is 7.76. The lowest BCUT2D eigenvalue weighted by molar-refractivity contribution is -0.0961. The summed E-state index contributed by atoms with van der Waals surface area (Å²) in [6, 6.07) is 0.